The van der Waals surface area contributed by atoms with Gasteiger partial charge in [-0.25, -0.2) is 0 Å². The van der Waals surface area contributed by atoms with Crippen molar-refractivity contribution in [2.75, 3.05) is 35.0 Å². The Morgan fingerprint density at radius 1 is 0.816 bits per heavy atom. The van der Waals surface area contributed by atoms with E-state index in [1.807, 2.05) is 0 Å². The molecule has 1 saturated heterocycles. The Bertz CT molecular complexity index is 1370. The van der Waals surface area contributed by atoms with Gasteiger partial charge in [-0.2, -0.15) is 0 Å². The Hall–Kier alpha value is -3.75. The summed E-state index contributed by atoms with van der Waals surface area (Å²) in [5.41, 5.74) is -0.390. The maximum absolute atomic E-state index is 13.6. The maximum atomic E-state index is 13.6. The lowest BCUT2D eigenvalue weighted by Gasteiger charge is -2.39. The zero-order valence-corrected chi connectivity index (χ0v) is 20.9. The van der Waals surface area contributed by atoms with E-state index >= 15 is 0 Å². The first-order valence-electron chi connectivity index (χ1n) is 11.3. The molecule has 2 aromatic carbocycles. The first-order valence-corrected chi connectivity index (χ1v) is 11.3. The van der Waals surface area contributed by atoms with Crippen molar-refractivity contribution >= 4 is 11.0 Å². The SMILES string of the molecule is COc1cc(OC)c(-c2coc3cc(OC4OC(CO)C(O)C(O)C4O)c(OC)c(O)c3c2=O)cc1OC. The third-order valence-corrected chi connectivity index (χ3v) is 6.25. The fourth-order valence-corrected chi connectivity index (χ4v) is 4.23. The van der Waals surface area contributed by atoms with Gasteiger partial charge in [0.05, 0.1) is 40.6 Å². The average molecular weight is 536 g/mol. The Labute approximate surface area is 215 Å². The van der Waals surface area contributed by atoms with Crippen LogP contribution in [0, 0.1) is 0 Å². The second-order valence-electron chi connectivity index (χ2n) is 8.33. The van der Waals surface area contributed by atoms with E-state index < -0.39 is 48.5 Å². The van der Waals surface area contributed by atoms with Gasteiger partial charge in [0.15, 0.2) is 23.0 Å². The van der Waals surface area contributed by atoms with Crippen molar-refractivity contribution < 1.29 is 58.4 Å². The van der Waals surface area contributed by atoms with Crippen LogP contribution in [-0.2, 0) is 4.74 Å². The normalized spacial score (nSPS) is 23.2. The van der Waals surface area contributed by atoms with Crippen LogP contribution in [0.3, 0.4) is 0 Å². The third kappa shape index (κ3) is 4.54. The van der Waals surface area contributed by atoms with E-state index in [-0.39, 0.29) is 33.8 Å². The average Bonchev–Trinajstić information content (AvgIpc) is 2.92. The number of aliphatic hydroxyl groups excluding tert-OH is 4. The highest BCUT2D eigenvalue weighted by molar-refractivity contribution is 5.92. The van der Waals surface area contributed by atoms with Crippen molar-refractivity contribution in [2.24, 2.45) is 0 Å². The second kappa shape index (κ2) is 10.9. The molecule has 0 spiro atoms. The lowest BCUT2D eigenvalue weighted by Crippen LogP contribution is -2.60. The largest absolute Gasteiger partial charge is 0.504 e. The fraction of sp³-hybridized carbons (Fsp3) is 0.400. The summed E-state index contributed by atoms with van der Waals surface area (Å²) in [5.74, 6) is -0.145. The highest BCUT2D eigenvalue weighted by Gasteiger charge is 2.45. The molecule has 2 heterocycles. The molecule has 1 aliphatic rings. The van der Waals surface area contributed by atoms with Gasteiger partial charge in [0.2, 0.25) is 17.5 Å². The number of rotatable bonds is 8. The van der Waals surface area contributed by atoms with Crippen LogP contribution in [0.2, 0.25) is 0 Å². The molecule has 13 nitrogen and oxygen atoms in total. The molecule has 13 heteroatoms. The highest BCUT2D eigenvalue weighted by atomic mass is 16.7. The Kier molecular flexibility index (Phi) is 7.85. The monoisotopic (exact) mass is 536 g/mol. The Morgan fingerprint density at radius 3 is 2.08 bits per heavy atom. The van der Waals surface area contributed by atoms with Crippen LogP contribution < -0.4 is 29.1 Å². The van der Waals surface area contributed by atoms with Crippen LogP contribution in [0.5, 0.6) is 34.5 Å². The number of methoxy groups -OCH3 is 4. The number of phenolic OH excluding ortho intramolecular Hbond substituents is 1. The van der Waals surface area contributed by atoms with Crippen LogP contribution in [-0.4, -0.2) is 91.3 Å². The van der Waals surface area contributed by atoms with Gasteiger partial charge in [0, 0.05) is 17.7 Å². The van der Waals surface area contributed by atoms with E-state index in [9.17, 15) is 30.3 Å². The molecule has 5 unspecified atom stereocenters. The van der Waals surface area contributed by atoms with Crippen molar-refractivity contribution in [3.05, 3.63) is 34.7 Å². The summed E-state index contributed by atoms with van der Waals surface area (Å²) in [6, 6.07) is 4.29. The summed E-state index contributed by atoms with van der Waals surface area (Å²) in [4.78, 5) is 13.6. The first-order chi connectivity index (χ1) is 18.2. The maximum Gasteiger partial charge on any atom is 0.229 e. The van der Waals surface area contributed by atoms with E-state index in [1.165, 1.54) is 46.6 Å². The molecule has 0 saturated carbocycles. The predicted octanol–water partition coefficient (Wildman–Crippen LogP) is 0.379. The Balaban J connectivity index is 1.82. The second-order valence-corrected chi connectivity index (χ2v) is 8.33. The number of benzene rings is 2. The first kappa shape index (κ1) is 27.3. The number of aromatic hydroxyl groups is 1. The Morgan fingerprint density at radius 2 is 1.47 bits per heavy atom. The van der Waals surface area contributed by atoms with Gasteiger partial charge >= 0.3 is 0 Å². The van der Waals surface area contributed by atoms with Crippen LogP contribution in [0.4, 0.5) is 0 Å². The van der Waals surface area contributed by atoms with Gasteiger partial charge in [0.25, 0.3) is 0 Å². The van der Waals surface area contributed by atoms with Gasteiger partial charge in [-0.05, 0) is 6.07 Å². The summed E-state index contributed by atoms with van der Waals surface area (Å²) < 4.78 is 37.9. The summed E-state index contributed by atoms with van der Waals surface area (Å²) in [5, 5.41) is 50.5. The molecule has 5 atom stereocenters. The topological polar surface area (TPSA) is 187 Å². The number of hydrogen-bond donors (Lipinski definition) is 5. The van der Waals surface area contributed by atoms with Gasteiger partial charge < -0.3 is 58.4 Å². The molecule has 1 aromatic heterocycles. The fourth-order valence-electron chi connectivity index (χ4n) is 4.23. The zero-order chi connectivity index (χ0) is 27.7. The highest BCUT2D eigenvalue weighted by Crippen LogP contribution is 2.44. The van der Waals surface area contributed by atoms with E-state index in [2.05, 4.69) is 0 Å². The van der Waals surface area contributed by atoms with Crippen molar-refractivity contribution in [3.63, 3.8) is 0 Å². The minimum absolute atomic E-state index is 0.0373. The molecular formula is C25H28O13. The third-order valence-electron chi connectivity index (χ3n) is 6.25. The molecule has 3 aromatic rings. The lowest BCUT2D eigenvalue weighted by molar-refractivity contribution is -0.277. The number of aliphatic hydroxyl groups is 4. The van der Waals surface area contributed by atoms with Crippen LogP contribution >= 0.6 is 0 Å². The van der Waals surface area contributed by atoms with Crippen LogP contribution in [0.15, 0.2) is 33.7 Å². The molecule has 38 heavy (non-hydrogen) atoms. The quantitative estimate of drug-likeness (QED) is 0.266. The minimum atomic E-state index is -1.72. The number of fused-ring (bicyclic) bond motifs is 1. The van der Waals surface area contributed by atoms with E-state index in [1.54, 1.807) is 0 Å². The van der Waals surface area contributed by atoms with Crippen molar-refractivity contribution in [2.45, 2.75) is 30.7 Å². The number of ether oxygens (including phenoxy) is 6. The molecule has 5 N–H and O–H groups in total. The number of hydrogen-bond acceptors (Lipinski definition) is 13. The molecule has 1 fully saturated rings. The molecule has 0 amide bonds. The van der Waals surface area contributed by atoms with Crippen molar-refractivity contribution in [1.82, 2.24) is 0 Å². The van der Waals surface area contributed by atoms with Crippen LogP contribution in [0.1, 0.15) is 0 Å². The van der Waals surface area contributed by atoms with Gasteiger partial charge in [-0.3, -0.25) is 4.79 Å². The lowest BCUT2D eigenvalue weighted by atomic mass is 9.99. The molecule has 206 valence electrons. The standard InChI is InChI=1S/C25H28O13/c1-32-12-6-14(34-3)13(33-2)5-10(12)11-9-36-15-7-16(24(35-4)21(29)18(15)19(11)27)37-25-23(31)22(30)20(28)17(8-26)38-25/h5-7,9,17,20,22-23,25-26,28-31H,8H2,1-4H3. The molecular weight excluding hydrogens is 508 g/mol. The molecule has 0 aliphatic carbocycles. The molecule has 0 bridgehead atoms. The molecule has 1 aliphatic heterocycles. The van der Waals surface area contributed by atoms with Gasteiger partial charge in [-0.1, -0.05) is 0 Å². The summed E-state index contributed by atoms with van der Waals surface area (Å²) in [6.07, 6.45) is -6.64. The minimum Gasteiger partial charge on any atom is -0.504 e. The van der Waals surface area contributed by atoms with Gasteiger partial charge in [0.1, 0.15) is 47.4 Å². The van der Waals surface area contributed by atoms with Crippen molar-refractivity contribution in [3.8, 4) is 45.6 Å². The van der Waals surface area contributed by atoms with E-state index in [0.29, 0.717) is 17.1 Å². The van der Waals surface area contributed by atoms with E-state index in [0.717, 1.165) is 6.26 Å². The van der Waals surface area contributed by atoms with Gasteiger partial charge in [-0.15, -0.1) is 0 Å². The van der Waals surface area contributed by atoms with Crippen LogP contribution in [0.25, 0.3) is 22.1 Å². The van der Waals surface area contributed by atoms with Crippen molar-refractivity contribution in [1.29, 1.82) is 0 Å². The zero-order valence-electron chi connectivity index (χ0n) is 20.9. The summed E-state index contributed by atoms with van der Waals surface area (Å²) in [7, 11) is 5.51. The summed E-state index contributed by atoms with van der Waals surface area (Å²) >= 11 is 0. The predicted molar refractivity (Wildman–Crippen MR) is 130 cm³/mol. The van der Waals surface area contributed by atoms with E-state index in [4.69, 9.17) is 32.8 Å². The smallest absolute Gasteiger partial charge is 0.229 e. The molecule has 0 radical (unpaired) electrons. The summed E-state index contributed by atoms with van der Waals surface area (Å²) in [6.45, 7) is -0.665. The molecule has 4 rings (SSSR count). The number of phenols is 1.